The third kappa shape index (κ3) is 2.74. The van der Waals surface area contributed by atoms with Crippen molar-refractivity contribution < 1.29 is 19.0 Å². The molecule has 0 bridgehead atoms. The van der Waals surface area contributed by atoms with Gasteiger partial charge in [-0.05, 0) is 43.4 Å². The van der Waals surface area contributed by atoms with Crippen LogP contribution in [0.25, 0.3) is 0 Å². The third-order valence-corrected chi connectivity index (χ3v) is 5.13. The summed E-state index contributed by atoms with van der Waals surface area (Å²) >= 11 is 0. The average Bonchev–Trinajstić information content (AvgIpc) is 3.12. The highest BCUT2D eigenvalue weighted by Crippen LogP contribution is 2.66. The van der Waals surface area contributed by atoms with Gasteiger partial charge < -0.3 is 14.2 Å². The largest absolute Gasteiger partial charge is 0.497 e. The first-order valence-electron chi connectivity index (χ1n) is 8.70. The third-order valence-electron chi connectivity index (χ3n) is 5.13. The molecular formula is C19H26O4. The van der Waals surface area contributed by atoms with Crippen LogP contribution in [0.3, 0.4) is 0 Å². The maximum absolute atomic E-state index is 12.6. The number of unbranched alkanes of at least 4 members (excludes halogenated alkanes) is 3. The van der Waals surface area contributed by atoms with Gasteiger partial charge in [-0.2, -0.15) is 0 Å². The second-order valence-electron chi connectivity index (χ2n) is 6.53. The van der Waals surface area contributed by atoms with E-state index in [-0.39, 0.29) is 5.97 Å². The fraction of sp³-hybridized carbons (Fsp3) is 0.632. The molecule has 0 spiro atoms. The standard InChI is InChI=1S/C19H26O4/c1-3-4-5-6-14-22-17(20)19-13-7-12-18(19,23-19)15-8-10-16(21-2)11-9-15/h8-11H,3-7,12-14H2,1-2H3. The highest BCUT2D eigenvalue weighted by molar-refractivity contribution is 5.86. The van der Waals surface area contributed by atoms with Crippen LogP contribution in [0.4, 0.5) is 0 Å². The molecule has 1 saturated carbocycles. The van der Waals surface area contributed by atoms with Gasteiger partial charge in [-0.15, -0.1) is 0 Å². The second kappa shape index (κ2) is 6.52. The molecule has 0 N–H and O–H groups in total. The van der Waals surface area contributed by atoms with Gasteiger partial charge >= 0.3 is 5.97 Å². The van der Waals surface area contributed by atoms with Crippen LogP contribution in [0.2, 0.25) is 0 Å². The van der Waals surface area contributed by atoms with E-state index in [2.05, 4.69) is 6.92 Å². The molecule has 2 aliphatic rings. The van der Waals surface area contributed by atoms with Crippen molar-refractivity contribution in [2.45, 2.75) is 63.1 Å². The Morgan fingerprint density at radius 1 is 1.17 bits per heavy atom. The van der Waals surface area contributed by atoms with Crippen LogP contribution in [-0.4, -0.2) is 25.3 Å². The Labute approximate surface area is 138 Å². The van der Waals surface area contributed by atoms with Crippen molar-refractivity contribution in [3.05, 3.63) is 29.8 Å². The molecular weight excluding hydrogens is 292 g/mol. The number of benzene rings is 1. The van der Waals surface area contributed by atoms with Crippen LogP contribution < -0.4 is 4.74 Å². The zero-order valence-electron chi connectivity index (χ0n) is 14.1. The van der Waals surface area contributed by atoms with E-state index >= 15 is 0 Å². The summed E-state index contributed by atoms with van der Waals surface area (Å²) in [7, 11) is 1.65. The Morgan fingerprint density at radius 3 is 2.65 bits per heavy atom. The number of esters is 1. The number of carbonyl (C=O) groups excluding carboxylic acids is 1. The van der Waals surface area contributed by atoms with Gasteiger partial charge in [-0.1, -0.05) is 38.3 Å². The number of rotatable bonds is 8. The Balaban J connectivity index is 1.64. The van der Waals surface area contributed by atoms with Crippen molar-refractivity contribution in [2.24, 2.45) is 0 Å². The Hall–Kier alpha value is -1.55. The van der Waals surface area contributed by atoms with E-state index in [1.165, 1.54) is 12.8 Å². The quantitative estimate of drug-likeness (QED) is 0.413. The first-order chi connectivity index (χ1) is 11.2. The number of epoxide rings is 1. The molecule has 0 amide bonds. The number of hydrogen-bond acceptors (Lipinski definition) is 4. The molecule has 126 valence electrons. The lowest BCUT2D eigenvalue weighted by molar-refractivity contribution is -0.150. The van der Waals surface area contributed by atoms with Crippen LogP contribution in [0.15, 0.2) is 24.3 Å². The predicted octanol–water partition coefficient (Wildman–Crippen LogP) is 3.97. The van der Waals surface area contributed by atoms with E-state index in [1.54, 1.807) is 7.11 Å². The minimum Gasteiger partial charge on any atom is -0.497 e. The van der Waals surface area contributed by atoms with Gasteiger partial charge in [-0.3, -0.25) is 0 Å². The zero-order valence-corrected chi connectivity index (χ0v) is 14.1. The van der Waals surface area contributed by atoms with Crippen LogP contribution >= 0.6 is 0 Å². The summed E-state index contributed by atoms with van der Waals surface area (Å²) in [6.07, 6.45) is 7.05. The van der Waals surface area contributed by atoms with E-state index in [9.17, 15) is 4.79 Å². The van der Waals surface area contributed by atoms with Gasteiger partial charge in [0.2, 0.25) is 0 Å². The summed E-state index contributed by atoms with van der Waals surface area (Å²) < 4.78 is 16.7. The number of hydrogen-bond donors (Lipinski definition) is 0. The van der Waals surface area contributed by atoms with Crippen LogP contribution in [0, 0.1) is 0 Å². The highest BCUT2D eigenvalue weighted by Gasteiger charge is 2.78. The molecule has 2 unspecified atom stereocenters. The minimum absolute atomic E-state index is 0.178. The Bertz CT molecular complexity index is 553. The van der Waals surface area contributed by atoms with Gasteiger partial charge in [0.15, 0.2) is 5.60 Å². The Kier molecular flexibility index (Phi) is 4.62. The molecule has 3 rings (SSSR count). The maximum Gasteiger partial charge on any atom is 0.341 e. The summed E-state index contributed by atoms with van der Waals surface area (Å²) in [4.78, 5) is 12.6. The SMILES string of the molecule is CCCCCCOC(=O)C12CCCC1(c1ccc(OC)cc1)O2. The molecule has 2 atom stereocenters. The van der Waals surface area contributed by atoms with Crippen molar-refractivity contribution in [1.82, 2.24) is 0 Å². The smallest absolute Gasteiger partial charge is 0.341 e. The summed E-state index contributed by atoms with van der Waals surface area (Å²) in [5.74, 6) is 0.634. The van der Waals surface area contributed by atoms with Gasteiger partial charge in [0, 0.05) is 0 Å². The lowest BCUT2D eigenvalue weighted by atomic mass is 9.89. The highest BCUT2D eigenvalue weighted by atomic mass is 16.7. The molecule has 1 aromatic rings. The summed E-state index contributed by atoms with van der Waals surface area (Å²) in [5.41, 5.74) is -0.162. The molecule has 1 aromatic carbocycles. The monoisotopic (exact) mass is 318 g/mol. The maximum atomic E-state index is 12.6. The molecule has 0 aromatic heterocycles. The van der Waals surface area contributed by atoms with Crippen molar-refractivity contribution in [3.63, 3.8) is 0 Å². The van der Waals surface area contributed by atoms with E-state index in [1.807, 2.05) is 24.3 Å². The molecule has 0 radical (unpaired) electrons. The van der Waals surface area contributed by atoms with E-state index in [0.29, 0.717) is 6.61 Å². The summed E-state index contributed by atoms with van der Waals surface area (Å²) in [6.45, 7) is 2.67. The topological polar surface area (TPSA) is 48.1 Å². The van der Waals surface area contributed by atoms with E-state index in [0.717, 1.165) is 43.4 Å². The molecule has 4 heteroatoms. The normalized spacial score (nSPS) is 28.3. The molecule has 1 heterocycles. The molecule has 1 aliphatic carbocycles. The number of carbonyl (C=O) groups is 1. The number of fused-ring (bicyclic) bond motifs is 1. The number of methoxy groups -OCH3 is 1. The van der Waals surface area contributed by atoms with Gasteiger partial charge in [-0.25, -0.2) is 4.79 Å². The molecule has 23 heavy (non-hydrogen) atoms. The predicted molar refractivity (Wildman–Crippen MR) is 87.4 cm³/mol. The lowest BCUT2D eigenvalue weighted by Crippen LogP contribution is -2.30. The van der Waals surface area contributed by atoms with Gasteiger partial charge in [0.25, 0.3) is 0 Å². The zero-order chi connectivity index (χ0) is 16.3. The molecule has 1 saturated heterocycles. The van der Waals surface area contributed by atoms with Crippen LogP contribution in [0.1, 0.15) is 57.4 Å². The fourth-order valence-corrected chi connectivity index (χ4v) is 3.78. The van der Waals surface area contributed by atoms with Crippen LogP contribution in [-0.2, 0) is 19.9 Å². The van der Waals surface area contributed by atoms with Crippen molar-refractivity contribution in [2.75, 3.05) is 13.7 Å². The molecule has 2 fully saturated rings. The summed E-state index contributed by atoms with van der Waals surface area (Å²) in [6, 6.07) is 7.84. The van der Waals surface area contributed by atoms with Crippen molar-refractivity contribution in [3.8, 4) is 5.75 Å². The minimum atomic E-state index is -0.744. The van der Waals surface area contributed by atoms with Gasteiger partial charge in [0.1, 0.15) is 11.4 Å². The Morgan fingerprint density at radius 2 is 1.96 bits per heavy atom. The van der Waals surface area contributed by atoms with Crippen molar-refractivity contribution in [1.29, 1.82) is 0 Å². The average molecular weight is 318 g/mol. The first kappa shape index (κ1) is 16.3. The lowest BCUT2D eigenvalue weighted by Gasteiger charge is -2.13. The number of ether oxygens (including phenoxy) is 3. The fourth-order valence-electron chi connectivity index (χ4n) is 3.78. The first-order valence-corrected chi connectivity index (χ1v) is 8.70. The van der Waals surface area contributed by atoms with Gasteiger partial charge in [0.05, 0.1) is 13.7 Å². The second-order valence-corrected chi connectivity index (χ2v) is 6.53. The van der Waals surface area contributed by atoms with Crippen LogP contribution in [0.5, 0.6) is 5.75 Å². The molecule has 4 nitrogen and oxygen atoms in total. The van der Waals surface area contributed by atoms with E-state index < -0.39 is 11.2 Å². The summed E-state index contributed by atoms with van der Waals surface area (Å²) in [5, 5.41) is 0. The van der Waals surface area contributed by atoms with Crippen molar-refractivity contribution >= 4 is 5.97 Å². The van der Waals surface area contributed by atoms with E-state index in [4.69, 9.17) is 14.2 Å². The molecule has 1 aliphatic heterocycles.